The van der Waals surface area contributed by atoms with Crippen LogP contribution in [0.15, 0.2) is 59.5 Å². The van der Waals surface area contributed by atoms with Crippen molar-refractivity contribution in [1.82, 2.24) is 0 Å². The molecule has 0 saturated heterocycles. The van der Waals surface area contributed by atoms with Crippen molar-refractivity contribution < 1.29 is 13.2 Å². The summed E-state index contributed by atoms with van der Waals surface area (Å²) in [6.45, 7) is 0. The Balaban J connectivity index is 2.21. The summed E-state index contributed by atoms with van der Waals surface area (Å²) in [6.07, 6.45) is 0. The van der Waals surface area contributed by atoms with Crippen LogP contribution < -0.4 is 15.8 Å². The smallest absolute Gasteiger partial charge is 0.215 e. The van der Waals surface area contributed by atoms with Crippen molar-refractivity contribution in [2.24, 2.45) is 5.73 Å². The predicted octanol–water partition coefficient (Wildman–Crippen LogP) is 2.15. The fraction of sp³-hybridized carbons (Fsp3) is 0.0714. The van der Waals surface area contributed by atoms with Crippen molar-refractivity contribution in [1.29, 1.82) is 0 Å². The van der Waals surface area contributed by atoms with Crippen LogP contribution in [0.3, 0.4) is 0 Å². The predicted molar refractivity (Wildman–Crippen MR) is 86.0 cm³/mol. The number of sulfone groups is 1. The molecule has 0 aliphatic carbocycles. The van der Waals surface area contributed by atoms with Gasteiger partial charge in [-0.1, -0.05) is 30.3 Å². The zero-order chi connectivity index (χ0) is 15.3. The zero-order valence-electron chi connectivity index (χ0n) is 11.0. The first-order valence-corrected chi connectivity index (χ1v) is 8.11. The lowest BCUT2D eigenvalue weighted by molar-refractivity contribution is 0.376. The number of hydrogen-bond donors (Lipinski definition) is 2. The zero-order valence-corrected chi connectivity index (χ0v) is 12.7. The summed E-state index contributed by atoms with van der Waals surface area (Å²) in [5, 5.41) is 2.65. The summed E-state index contributed by atoms with van der Waals surface area (Å²) < 4.78 is 30.0. The van der Waals surface area contributed by atoms with Gasteiger partial charge in [-0.3, -0.25) is 0 Å². The number of hydrogen-bond acceptors (Lipinski definition) is 4. The quantitative estimate of drug-likeness (QED) is 0.821. The van der Waals surface area contributed by atoms with E-state index in [-0.39, 0.29) is 10.0 Å². The Morgan fingerprint density at radius 1 is 1.10 bits per heavy atom. The van der Waals surface area contributed by atoms with E-state index in [2.05, 4.69) is 5.32 Å². The molecule has 0 saturated carbocycles. The maximum absolute atomic E-state index is 12.4. The number of ether oxygens (including phenoxy) is 1. The molecule has 110 valence electrons. The Morgan fingerprint density at radius 3 is 2.38 bits per heavy atom. The highest BCUT2D eigenvalue weighted by atomic mass is 32.2. The number of para-hydroxylation sites is 2. The van der Waals surface area contributed by atoms with Gasteiger partial charge in [0.05, 0.1) is 10.6 Å². The number of nitrogens with two attached hydrogens (primary N) is 1. The second-order valence-electron chi connectivity index (χ2n) is 4.18. The van der Waals surface area contributed by atoms with Crippen molar-refractivity contribution in [3.8, 4) is 5.75 Å². The monoisotopic (exact) mass is 322 g/mol. The molecule has 0 spiro atoms. The summed E-state index contributed by atoms with van der Waals surface area (Å²) in [7, 11) is -3.63. The SMILES string of the molecule is NC(=S)Nc1ccccc1S(=O)(=O)COc1ccccc1. The fourth-order valence-electron chi connectivity index (χ4n) is 1.70. The molecule has 7 heteroatoms. The van der Waals surface area contributed by atoms with Crippen LogP contribution in [0.2, 0.25) is 0 Å². The highest BCUT2D eigenvalue weighted by Crippen LogP contribution is 2.22. The summed E-state index contributed by atoms with van der Waals surface area (Å²) >= 11 is 4.74. The molecule has 2 aromatic rings. The van der Waals surface area contributed by atoms with Crippen molar-refractivity contribution >= 4 is 32.9 Å². The molecule has 2 rings (SSSR count). The second kappa shape index (κ2) is 6.55. The van der Waals surface area contributed by atoms with Crippen molar-refractivity contribution in [2.75, 3.05) is 11.3 Å². The molecule has 3 N–H and O–H groups in total. The number of anilines is 1. The van der Waals surface area contributed by atoms with Gasteiger partial charge >= 0.3 is 0 Å². The largest absolute Gasteiger partial charge is 0.477 e. The van der Waals surface area contributed by atoms with E-state index in [4.69, 9.17) is 22.7 Å². The molecule has 0 radical (unpaired) electrons. The number of nitrogens with one attached hydrogen (secondary N) is 1. The molecule has 0 aliphatic rings. The molecular formula is C14H14N2O3S2. The van der Waals surface area contributed by atoms with Crippen LogP contribution in [-0.2, 0) is 9.84 Å². The maximum Gasteiger partial charge on any atom is 0.215 e. The lowest BCUT2D eigenvalue weighted by atomic mass is 10.3. The number of rotatable bonds is 5. The van der Waals surface area contributed by atoms with E-state index in [9.17, 15) is 8.42 Å². The van der Waals surface area contributed by atoms with E-state index in [0.717, 1.165) is 0 Å². The van der Waals surface area contributed by atoms with Gasteiger partial charge in [-0.2, -0.15) is 0 Å². The fourth-order valence-corrected chi connectivity index (χ4v) is 2.97. The molecule has 2 aromatic carbocycles. The Morgan fingerprint density at radius 2 is 1.71 bits per heavy atom. The van der Waals surface area contributed by atoms with E-state index in [0.29, 0.717) is 11.4 Å². The third kappa shape index (κ3) is 4.17. The normalized spacial score (nSPS) is 10.9. The lowest BCUT2D eigenvalue weighted by Gasteiger charge is -2.12. The van der Waals surface area contributed by atoms with Gasteiger partial charge in [0.2, 0.25) is 9.84 Å². The maximum atomic E-state index is 12.4. The van der Waals surface area contributed by atoms with Gasteiger partial charge in [-0.15, -0.1) is 0 Å². The molecule has 0 amide bonds. The Hall–Kier alpha value is -2.12. The minimum atomic E-state index is -3.63. The van der Waals surface area contributed by atoms with Crippen LogP contribution in [0.4, 0.5) is 5.69 Å². The summed E-state index contributed by atoms with van der Waals surface area (Å²) in [6, 6.07) is 15.1. The third-order valence-electron chi connectivity index (χ3n) is 2.60. The third-order valence-corrected chi connectivity index (χ3v) is 4.16. The summed E-state index contributed by atoms with van der Waals surface area (Å²) in [4.78, 5) is 0.0914. The van der Waals surface area contributed by atoms with Crippen LogP contribution in [0, 0.1) is 0 Å². The number of benzene rings is 2. The number of thiocarbonyl (C=S) groups is 1. The highest BCUT2D eigenvalue weighted by molar-refractivity contribution is 7.91. The standard InChI is InChI=1S/C14H14N2O3S2/c15-14(20)16-12-8-4-5-9-13(12)21(17,18)10-19-11-6-2-1-3-7-11/h1-9H,10H2,(H3,15,16,20). The van der Waals surface area contributed by atoms with Crippen molar-refractivity contribution in [2.45, 2.75) is 4.90 Å². The van der Waals surface area contributed by atoms with Crippen LogP contribution in [0.5, 0.6) is 5.75 Å². The molecule has 0 aromatic heterocycles. The Bertz CT molecular complexity index is 731. The van der Waals surface area contributed by atoms with Gasteiger partial charge in [0.15, 0.2) is 11.1 Å². The molecular weight excluding hydrogens is 308 g/mol. The minimum absolute atomic E-state index is 0.00151. The van der Waals surface area contributed by atoms with E-state index >= 15 is 0 Å². The van der Waals surface area contributed by atoms with Gasteiger partial charge in [-0.25, -0.2) is 8.42 Å². The molecule has 0 atom stereocenters. The van der Waals surface area contributed by atoms with E-state index < -0.39 is 15.8 Å². The van der Waals surface area contributed by atoms with Gasteiger partial charge in [0.25, 0.3) is 0 Å². The minimum Gasteiger partial charge on any atom is -0.477 e. The average Bonchev–Trinajstić information content (AvgIpc) is 2.46. The van der Waals surface area contributed by atoms with Crippen LogP contribution in [0.25, 0.3) is 0 Å². The topological polar surface area (TPSA) is 81.4 Å². The molecule has 0 bridgehead atoms. The molecule has 0 fully saturated rings. The van der Waals surface area contributed by atoms with Gasteiger partial charge in [0.1, 0.15) is 5.75 Å². The van der Waals surface area contributed by atoms with Crippen molar-refractivity contribution in [3.63, 3.8) is 0 Å². The molecule has 0 aliphatic heterocycles. The second-order valence-corrected chi connectivity index (χ2v) is 6.52. The van der Waals surface area contributed by atoms with Crippen LogP contribution in [0.1, 0.15) is 0 Å². The van der Waals surface area contributed by atoms with Crippen LogP contribution >= 0.6 is 12.2 Å². The Kier molecular flexibility index (Phi) is 4.77. The first kappa shape index (κ1) is 15.3. The average molecular weight is 322 g/mol. The van der Waals surface area contributed by atoms with Crippen LogP contribution in [-0.4, -0.2) is 19.5 Å². The molecule has 0 heterocycles. The van der Waals surface area contributed by atoms with Gasteiger partial charge in [-0.05, 0) is 36.5 Å². The van der Waals surface area contributed by atoms with Gasteiger partial charge in [0, 0.05) is 0 Å². The van der Waals surface area contributed by atoms with E-state index in [1.54, 1.807) is 42.5 Å². The molecule has 5 nitrogen and oxygen atoms in total. The van der Waals surface area contributed by atoms with E-state index in [1.807, 2.05) is 6.07 Å². The van der Waals surface area contributed by atoms with E-state index in [1.165, 1.54) is 6.07 Å². The summed E-state index contributed by atoms with van der Waals surface area (Å²) in [5.74, 6) is 0.0217. The first-order chi connectivity index (χ1) is 9.99. The molecule has 0 unspecified atom stereocenters. The highest BCUT2D eigenvalue weighted by Gasteiger charge is 2.19. The van der Waals surface area contributed by atoms with Crippen molar-refractivity contribution in [3.05, 3.63) is 54.6 Å². The Labute approximate surface area is 128 Å². The van der Waals surface area contributed by atoms with Gasteiger partial charge < -0.3 is 15.8 Å². The molecule has 21 heavy (non-hydrogen) atoms. The lowest BCUT2D eigenvalue weighted by Crippen LogP contribution is -2.21. The first-order valence-electron chi connectivity index (χ1n) is 6.05. The summed E-state index contributed by atoms with van der Waals surface area (Å²) in [5.41, 5.74) is 5.73.